The van der Waals surface area contributed by atoms with Crippen LogP contribution >= 0.6 is 0 Å². The third kappa shape index (κ3) is 4.29. The Morgan fingerprint density at radius 3 is 1.74 bits per heavy atom. The first-order valence-electron chi connectivity index (χ1n) is 9.94. The minimum Gasteiger partial charge on any atom is -0.376 e. The zero-order valence-corrected chi connectivity index (χ0v) is 16.2. The van der Waals surface area contributed by atoms with Crippen molar-refractivity contribution in [3.05, 3.63) is 0 Å². The standard InChI is InChI=1S/C19H30N2O6/c1-19(2,18(23)21-7-15-11-25-12-16(8-21)27-15)4-3-17(22)20-5-13-9-24-10-14(6-20)26-13/h13-16H,3-12H2,1-2H3. The van der Waals surface area contributed by atoms with E-state index in [2.05, 4.69) is 0 Å². The van der Waals surface area contributed by atoms with Crippen molar-refractivity contribution in [2.24, 2.45) is 5.41 Å². The van der Waals surface area contributed by atoms with Crippen LogP contribution in [0, 0.1) is 5.41 Å². The molecule has 4 aliphatic rings. The highest BCUT2D eigenvalue weighted by Crippen LogP contribution is 2.29. The van der Waals surface area contributed by atoms with Gasteiger partial charge in [0.1, 0.15) is 0 Å². The molecule has 0 spiro atoms. The van der Waals surface area contributed by atoms with Gasteiger partial charge in [0.25, 0.3) is 0 Å². The smallest absolute Gasteiger partial charge is 0.228 e. The fourth-order valence-electron chi connectivity index (χ4n) is 4.36. The first-order valence-corrected chi connectivity index (χ1v) is 9.94. The molecule has 2 amide bonds. The van der Waals surface area contributed by atoms with Gasteiger partial charge in [-0.05, 0) is 6.42 Å². The Kier molecular flexibility index (Phi) is 5.42. The highest BCUT2D eigenvalue weighted by Gasteiger charge is 2.40. The van der Waals surface area contributed by atoms with Crippen LogP contribution in [-0.4, -0.2) is 98.6 Å². The Hall–Kier alpha value is -1.22. The van der Waals surface area contributed by atoms with Gasteiger partial charge in [0.05, 0.1) is 50.8 Å². The van der Waals surface area contributed by atoms with Crippen LogP contribution in [0.25, 0.3) is 0 Å². The number of hydrogen-bond acceptors (Lipinski definition) is 6. The van der Waals surface area contributed by atoms with Gasteiger partial charge >= 0.3 is 0 Å². The lowest BCUT2D eigenvalue weighted by atomic mass is 9.85. The number of hydrogen-bond donors (Lipinski definition) is 0. The van der Waals surface area contributed by atoms with E-state index < -0.39 is 5.41 Å². The number of carbonyl (C=O) groups is 2. The predicted molar refractivity (Wildman–Crippen MR) is 95.1 cm³/mol. The maximum atomic E-state index is 13.1. The van der Waals surface area contributed by atoms with Gasteiger partial charge in [0, 0.05) is 38.0 Å². The summed E-state index contributed by atoms with van der Waals surface area (Å²) < 4.78 is 22.6. The van der Waals surface area contributed by atoms with Crippen LogP contribution < -0.4 is 0 Å². The minimum absolute atomic E-state index is 0.0222. The Morgan fingerprint density at radius 2 is 1.26 bits per heavy atom. The van der Waals surface area contributed by atoms with Crippen molar-refractivity contribution in [2.45, 2.75) is 51.1 Å². The molecule has 0 aromatic carbocycles. The highest BCUT2D eigenvalue weighted by molar-refractivity contribution is 5.83. The molecule has 4 saturated heterocycles. The highest BCUT2D eigenvalue weighted by atomic mass is 16.6. The van der Waals surface area contributed by atoms with E-state index in [0.29, 0.717) is 65.4 Å². The van der Waals surface area contributed by atoms with E-state index in [9.17, 15) is 9.59 Å². The number of nitrogens with zero attached hydrogens (tertiary/aromatic N) is 2. The molecule has 4 rings (SSSR count). The molecule has 0 aromatic rings. The van der Waals surface area contributed by atoms with Crippen molar-refractivity contribution >= 4 is 11.8 Å². The van der Waals surface area contributed by atoms with Gasteiger partial charge in [0.2, 0.25) is 11.8 Å². The van der Waals surface area contributed by atoms with Crippen molar-refractivity contribution in [3.63, 3.8) is 0 Å². The third-order valence-corrected chi connectivity index (χ3v) is 5.86. The van der Waals surface area contributed by atoms with Crippen LogP contribution in [0.3, 0.4) is 0 Å². The SMILES string of the molecule is CC(C)(CCC(=O)N1CC2COCC(C1)O2)C(=O)N1CC2COCC(C1)O2. The van der Waals surface area contributed by atoms with Gasteiger partial charge in [-0.15, -0.1) is 0 Å². The minimum atomic E-state index is -0.576. The van der Waals surface area contributed by atoms with E-state index >= 15 is 0 Å². The first kappa shape index (κ1) is 19.1. The summed E-state index contributed by atoms with van der Waals surface area (Å²) >= 11 is 0. The second-order valence-corrected chi connectivity index (χ2v) is 8.73. The van der Waals surface area contributed by atoms with E-state index in [1.807, 2.05) is 23.6 Å². The third-order valence-electron chi connectivity index (χ3n) is 5.86. The van der Waals surface area contributed by atoms with Crippen molar-refractivity contribution < 1.29 is 28.5 Å². The lowest BCUT2D eigenvalue weighted by molar-refractivity contribution is -0.190. The molecule has 4 fully saturated rings. The van der Waals surface area contributed by atoms with E-state index in [1.165, 1.54) is 0 Å². The van der Waals surface area contributed by atoms with Gasteiger partial charge in [-0.3, -0.25) is 9.59 Å². The van der Waals surface area contributed by atoms with Crippen LogP contribution in [-0.2, 0) is 28.5 Å². The zero-order valence-electron chi connectivity index (χ0n) is 16.2. The average molecular weight is 382 g/mol. The van der Waals surface area contributed by atoms with Crippen molar-refractivity contribution in [3.8, 4) is 0 Å². The Morgan fingerprint density at radius 1 is 0.815 bits per heavy atom. The summed E-state index contributed by atoms with van der Waals surface area (Å²) in [5, 5.41) is 0. The Labute approximate surface area is 160 Å². The molecule has 4 aliphatic heterocycles. The lowest BCUT2D eigenvalue weighted by Crippen LogP contribution is -2.58. The van der Waals surface area contributed by atoms with Gasteiger partial charge in [0.15, 0.2) is 0 Å². The molecule has 8 heteroatoms. The number of ether oxygens (including phenoxy) is 4. The molecule has 27 heavy (non-hydrogen) atoms. The summed E-state index contributed by atoms with van der Waals surface area (Å²) in [5.41, 5.74) is -0.576. The number of fused-ring (bicyclic) bond motifs is 4. The maximum Gasteiger partial charge on any atom is 0.228 e. The molecule has 0 N–H and O–H groups in total. The number of carbonyl (C=O) groups excluding carboxylic acids is 2. The molecule has 0 radical (unpaired) electrons. The van der Waals surface area contributed by atoms with Crippen LogP contribution in [0.2, 0.25) is 0 Å². The molecular weight excluding hydrogens is 352 g/mol. The lowest BCUT2D eigenvalue weighted by Gasteiger charge is -2.44. The summed E-state index contributed by atoms with van der Waals surface area (Å²) in [7, 11) is 0. The Bertz CT molecular complexity index is 559. The van der Waals surface area contributed by atoms with Crippen molar-refractivity contribution in [1.82, 2.24) is 9.80 Å². The van der Waals surface area contributed by atoms with Crippen LogP contribution in [0.15, 0.2) is 0 Å². The molecule has 8 nitrogen and oxygen atoms in total. The molecule has 4 atom stereocenters. The fourth-order valence-corrected chi connectivity index (χ4v) is 4.36. The largest absolute Gasteiger partial charge is 0.376 e. The van der Waals surface area contributed by atoms with E-state index in [1.54, 1.807) is 0 Å². The molecule has 4 heterocycles. The van der Waals surface area contributed by atoms with E-state index in [0.717, 1.165) is 0 Å². The molecular formula is C19H30N2O6. The number of morpholine rings is 2. The van der Waals surface area contributed by atoms with Gasteiger partial charge in [-0.1, -0.05) is 13.8 Å². The topological polar surface area (TPSA) is 77.5 Å². The molecule has 4 bridgehead atoms. The molecule has 0 aromatic heterocycles. The van der Waals surface area contributed by atoms with Crippen molar-refractivity contribution in [2.75, 3.05) is 52.6 Å². The first-order chi connectivity index (χ1) is 12.9. The molecule has 4 unspecified atom stereocenters. The molecule has 0 saturated carbocycles. The van der Waals surface area contributed by atoms with Gasteiger partial charge < -0.3 is 28.7 Å². The fraction of sp³-hybridized carbons (Fsp3) is 0.895. The number of rotatable bonds is 4. The summed E-state index contributed by atoms with van der Waals surface area (Å²) in [4.78, 5) is 29.5. The number of amides is 2. The molecule has 0 aliphatic carbocycles. The van der Waals surface area contributed by atoms with Crippen molar-refractivity contribution in [1.29, 1.82) is 0 Å². The van der Waals surface area contributed by atoms with Crippen LogP contribution in [0.5, 0.6) is 0 Å². The van der Waals surface area contributed by atoms with Gasteiger partial charge in [-0.25, -0.2) is 0 Å². The summed E-state index contributed by atoms with van der Waals surface area (Å²) in [5.74, 6) is 0.200. The van der Waals surface area contributed by atoms with E-state index in [4.69, 9.17) is 18.9 Å². The summed E-state index contributed by atoms with van der Waals surface area (Å²) in [6.07, 6.45) is 0.802. The van der Waals surface area contributed by atoms with Gasteiger partial charge in [-0.2, -0.15) is 0 Å². The summed E-state index contributed by atoms with van der Waals surface area (Å²) in [6, 6.07) is 0. The second-order valence-electron chi connectivity index (χ2n) is 8.73. The van der Waals surface area contributed by atoms with E-state index in [-0.39, 0.29) is 36.2 Å². The monoisotopic (exact) mass is 382 g/mol. The normalized spacial score (nSPS) is 33.7. The zero-order chi connectivity index (χ0) is 19.0. The predicted octanol–water partition coefficient (Wildman–Crippen LogP) is 0.0452. The molecule has 152 valence electrons. The second kappa shape index (κ2) is 7.66. The average Bonchev–Trinajstić information content (AvgIpc) is 2.65. The maximum absolute atomic E-state index is 13.1. The summed E-state index contributed by atoms with van der Waals surface area (Å²) in [6.45, 7) is 8.36. The van der Waals surface area contributed by atoms with Crippen LogP contribution in [0.4, 0.5) is 0 Å². The van der Waals surface area contributed by atoms with Crippen LogP contribution in [0.1, 0.15) is 26.7 Å². The Balaban J connectivity index is 1.30. The quantitative estimate of drug-likeness (QED) is 0.684.